The van der Waals surface area contributed by atoms with E-state index in [1.807, 2.05) is 42.5 Å². The van der Waals surface area contributed by atoms with Gasteiger partial charge in [0, 0.05) is 15.6 Å². The molecule has 1 N–H and O–H groups in total. The molecule has 0 aliphatic rings. The van der Waals surface area contributed by atoms with E-state index in [9.17, 15) is 9.59 Å². The van der Waals surface area contributed by atoms with Crippen LogP contribution in [0.5, 0.6) is 11.5 Å². The number of benzene rings is 3. The Hall–Kier alpha value is -3.94. The highest BCUT2D eigenvalue weighted by atomic mass is 35.5. The fourth-order valence-corrected chi connectivity index (χ4v) is 4.67. The number of amides is 1. The monoisotopic (exact) mass is 504 g/mol. The van der Waals surface area contributed by atoms with Gasteiger partial charge in [-0.05, 0) is 36.2 Å². The molecule has 4 aromatic rings. The van der Waals surface area contributed by atoms with Gasteiger partial charge >= 0.3 is 5.97 Å². The van der Waals surface area contributed by atoms with Gasteiger partial charge in [-0.25, -0.2) is 10.2 Å². The molecule has 0 saturated carbocycles. The van der Waals surface area contributed by atoms with Crippen LogP contribution < -0.4 is 14.9 Å². The average Bonchev–Trinajstić information content (AvgIpc) is 3.21. The van der Waals surface area contributed by atoms with Gasteiger partial charge in [0.05, 0.1) is 11.2 Å². The molecular weight excluding hydrogens is 484 g/mol. The number of hydrogen-bond acceptors (Lipinski definition) is 6. The molecule has 0 spiro atoms. The van der Waals surface area contributed by atoms with Crippen LogP contribution in [0.1, 0.15) is 20.8 Å². The maximum Gasteiger partial charge on any atom is 0.355 e. The number of hydrogen-bond donors (Lipinski definition) is 1. The number of fused-ring (bicyclic) bond motifs is 1. The number of ether oxygens (including phenoxy) is 2. The van der Waals surface area contributed by atoms with Crippen LogP contribution >= 0.6 is 22.9 Å². The van der Waals surface area contributed by atoms with E-state index in [-0.39, 0.29) is 6.61 Å². The van der Waals surface area contributed by atoms with Crippen LogP contribution in [0.3, 0.4) is 0 Å². The maximum atomic E-state index is 12.8. The average molecular weight is 505 g/mol. The summed E-state index contributed by atoms with van der Waals surface area (Å²) in [4.78, 5) is 25.3. The van der Waals surface area contributed by atoms with Crippen molar-refractivity contribution in [3.8, 4) is 11.5 Å². The van der Waals surface area contributed by atoms with Gasteiger partial charge in [-0.1, -0.05) is 66.2 Å². The lowest BCUT2D eigenvalue weighted by Crippen LogP contribution is -2.24. The Bertz CT molecular complexity index is 1410. The van der Waals surface area contributed by atoms with Crippen molar-refractivity contribution in [3.05, 3.63) is 106 Å². The summed E-state index contributed by atoms with van der Waals surface area (Å²) in [6, 6.07) is 21.8. The van der Waals surface area contributed by atoms with Gasteiger partial charge in [0.2, 0.25) is 0 Å². The molecule has 1 amide bonds. The van der Waals surface area contributed by atoms with E-state index in [0.29, 0.717) is 33.4 Å². The first-order valence-corrected chi connectivity index (χ1v) is 11.9. The van der Waals surface area contributed by atoms with Crippen molar-refractivity contribution < 1.29 is 19.1 Å². The molecule has 0 unspecified atom stereocenters. The van der Waals surface area contributed by atoms with Gasteiger partial charge in [-0.3, -0.25) is 4.79 Å². The van der Waals surface area contributed by atoms with E-state index >= 15 is 0 Å². The molecule has 4 rings (SSSR count). The second-order valence-electron chi connectivity index (χ2n) is 7.35. The van der Waals surface area contributed by atoms with E-state index in [4.69, 9.17) is 21.1 Å². The summed E-state index contributed by atoms with van der Waals surface area (Å²) in [6.07, 6.45) is 3.81. The van der Waals surface area contributed by atoms with Crippen LogP contribution in [0, 0.1) is 0 Å². The highest BCUT2D eigenvalue weighted by molar-refractivity contribution is 7.21. The molecule has 0 aliphatic carbocycles. The van der Waals surface area contributed by atoms with Gasteiger partial charge in [0.1, 0.15) is 16.4 Å². The first-order valence-electron chi connectivity index (χ1n) is 10.7. The zero-order valence-corrected chi connectivity index (χ0v) is 20.1. The summed E-state index contributed by atoms with van der Waals surface area (Å²) in [7, 11) is 0. The zero-order valence-electron chi connectivity index (χ0n) is 18.6. The van der Waals surface area contributed by atoms with E-state index in [2.05, 4.69) is 17.1 Å². The third-order valence-corrected chi connectivity index (χ3v) is 6.59. The molecule has 0 aliphatic heterocycles. The van der Waals surface area contributed by atoms with E-state index in [1.54, 1.807) is 36.4 Å². The number of esters is 1. The third-order valence-electron chi connectivity index (χ3n) is 4.93. The van der Waals surface area contributed by atoms with Gasteiger partial charge in [0.25, 0.3) is 5.91 Å². The number of nitrogens with zero attached hydrogens (tertiary/aromatic N) is 1. The normalized spacial score (nSPS) is 10.9. The predicted molar refractivity (Wildman–Crippen MR) is 140 cm³/mol. The van der Waals surface area contributed by atoms with E-state index in [0.717, 1.165) is 15.6 Å². The lowest BCUT2D eigenvalue weighted by molar-refractivity contribution is -0.123. The number of rotatable bonds is 9. The summed E-state index contributed by atoms with van der Waals surface area (Å²) in [5.41, 5.74) is 3.87. The Morgan fingerprint density at radius 2 is 1.71 bits per heavy atom. The quantitative estimate of drug-likeness (QED) is 0.0992. The summed E-state index contributed by atoms with van der Waals surface area (Å²) in [6.45, 7) is 3.52. The van der Waals surface area contributed by atoms with E-state index < -0.39 is 11.9 Å². The summed E-state index contributed by atoms with van der Waals surface area (Å²) >= 11 is 7.67. The minimum Gasteiger partial charge on any atom is -0.483 e. The molecule has 1 heterocycles. The van der Waals surface area contributed by atoms with Crippen LogP contribution in [0.4, 0.5) is 0 Å². The van der Waals surface area contributed by atoms with Crippen LogP contribution in [-0.2, 0) is 11.2 Å². The van der Waals surface area contributed by atoms with Crippen LogP contribution in [-0.4, -0.2) is 24.7 Å². The smallest absolute Gasteiger partial charge is 0.355 e. The first kappa shape index (κ1) is 24.2. The molecule has 0 atom stereocenters. The lowest BCUT2D eigenvalue weighted by Gasteiger charge is -2.09. The standard InChI is InChI=1S/C27H21ClN2O4S/c1-2-9-18-10-3-6-13-21(18)33-17-24(31)30-29-16-19-11-4-7-14-22(19)34-27(32)26-25(28)20-12-5-8-15-23(20)35-26/h2-8,10-16H,1,9,17H2,(H,30,31)/b29-16+. The molecule has 1 aromatic heterocycles. The Labute approximate surface area is 211 Å². The number of carbonyl (C=O) groups is 2. The van der Waals surface area contributed by atoms with Gasteiger partial charge in [-0.15, -0.1) is 17.9 Å². The number of carbonyl (C=O) groups excluding carboxylic acids is 2. The lowest BCUT2D eigenvalue weighted by atomic mass is 10.1. The molecular formula is C27H21ClN2O4S. The Morgan fingerprint density at radius 1 is 1.00 bits per heavy atom. The van der Waals surface area contributed by atoms with Crippen molar-refractivity contribution in [1.82, 2.24) is 5.43 Å². The predicted octanol–water partition coefficient (Wildman–Crippen LogP) is 6.03. The second kappa shape index (κ2) is 11.5. The third kappa shape index (κ3) is 5.95. The summed E-state index contributed by atoms with van der Waals surface area (Å²) in [5.74, 6) is -0.0869. The highest BCUT2D eigenvalue weighted by Crippen LogP contribution is 2.36. The Morgan fingerprint density at radius 3 is 2.51 bits per heavy atom. The fraction of sp³-hybridized carbons (Fsp3) is 0.0741. The van der Waals surface area contributed by atoms with Gasteiger partial charge in [-0.2, -0.15) is 5.10 Å². The zero-order chi connectivity index (χ0) is 24.6. The molecule has 0 fully saturated rings. The molecule has 35 heavy (non-hydrogen) atoms. The van der Waals surface area contributed by atoms with Gasteiger partial charge < -0.3 is 9.47 Å². The molecule has 176 valence electrons. The van der Waals surface area contributed by atoms with Crippen LogP contribution in [0.25, 0.3) is 10.1 Å². The number of nitrogens with one attached hydrogen (secondary N) is 1. The topological polar surface area (TPSA) is 77.0 Å². The fourth-order valence-electron chi connectivity index (χ4n) is 3.29. The Kier molecular flexibility index (Phi) is 7.92. The van der Waals surface area contributed by atoms with Crippen molar-refractivity contribution >= 4 is 51.1 Å². The minimum atomic E-state index is -0.562. The number of thiophene rings is 1. The second-order valence-corrected chi connectivity index (χ2v) is 8.78. The molecule has 8 heteroatoms. The molecule has 6 nitrogen and oxygen atoms in total. The molecule has 0 saturated heterocycles. The highest BCUT2D eigenvalue weighted by Gasteiger charge is 2.19. The SMILES string of the molecule is C=CCc1ccccc1OCC(=O)N/N=C/c1ccccc1OC(=O)c1sc2ccccc2c1Cl. The van der Waals surface area contributed by atoms with Crippen LogP contribution in [0.2, 0.25) is 5.02 Å². The van der Waals surface area contributed by atoms with Crippen molar-refractivity contribution in [3.63, 3.8) is 0 Å². The van der Waals surface area contributed by atoms with Gasteiger partial charge in [0.15, 0.2) is 6.61 Å². The minimum absolute atomic E-state index is 0.202. The molecule has 0 radical (unpaired) electrons. The number of halogens is 1. The largest absolute Gasteiger partial charge is 0.483 e. The molecule has 0 bridgehead atoms. The number of para-hydroxylation sites is 2. The van der Waals surface area contributed by atoms with Crippen LogP contribution in [0.15, 0.2) is 90.6 Å². The first-order chi connectivity index (χ1) is 17.1. The van der Waals surface area contributed by atoms with Crippen molar-refractivity contribution in [2.24, 2.45) is 5.10 Å². The Balaban J connectivity index is 1.38. The van der Waals surface area contributed by atoms with Crippen molar-refractivity contribution in [2.75, 3.05) is 6.61 Å². The van der Waals surface area contributed by atoms with E-state index in [1.165, 1.54) is 17.6 Å². The number of hydrazone groups is 1. The molecule has 3 aromatic carbocycles. The maximum absolute atomic E-state index is 12.8. The summed E-state index contributed by atoms with van der Waals surface area (Å²) in [5, 5.41) is 5.14. The van der Waals surface area contributed by atoms with Crippen molar-refractivity contribution in [2.45, 2.75) is 6.42 Å². The van der Waals surface area contributed by atoms with Crippen molar-refractivity contribution in [1.29, 1.82) is 0 Å². The summed E-state index contributed by atoms with van der Waals surface area (Å²) < 4.78 is 12.1. The number of allylic oxidation sites excluding steroid dienone is 1.